The van der Waals surface area contributed by atoms with Crippen LogP contribution >= 0.6 is 7.26 Å². The van der Waals surface area contributed by atoms with E-state index in [1.165, 1.54) is 21.2 Å². The molecule has 0 heterocycles. The number of benzene rings is 4. The Morgan fingerprint density at radius 2 is 0.724 bits per heavy atom. The van der Waals surface area contributed by atoms with Gasteiger partial charge in [-0.15, -0.1) is 0 Å². The van der Waals surface area contributed by atoms with Crippen molar-refractivity contribution in [2.24, 2.45) is 0 Å². The van der Waals surface area contributed by atoms with Crippen molar-refractivity contribution in [1.82, 2.24) is 0 Å². The maximum atomic E-state index is 9.53. The first-order valence-electron chi connectivity index (χ1n) is 9.80. The third-order valence-corrected chi connectivity index (χ3v) is 10.4. The summed E-state index contributed by atoms with van der Waals surface area (Å²) in [5.74, 6) is 0. The van der Waals surface area contributed by atoms with E-state index < -0.39 is 7.26 Å². The van der Waals surface area contributed by atoms with Crippen molar-refractivity contribution in [2.45, 2.75) is 13.2 Å². The van der Waals surface area contributed by atoms with Gasteiger partial charge >= 0.3 is 172 Å². The summed E-state index contributed by atoms with van der Waals surface area (Å²) in [7, 11) is -2.53. The Bertz CT molecular complexity index is 954. The SMILES string of the molecule is OCc1ccc([PH](c2ccccc2)(c2ccccc2)c2ccc(CO)cc2)cc1. The third-order valence-electron chi connectivity index (χ3n) is 5.55. The average Bonchev–Trinajstić information content (AvgIpc) is 2.82. The molecule has 0 amide bonds. The predicted octanol–water partition coefficient (Wildman–Crippen LogP) is 3.02. The van der Waals surface area contributed by atoms with E-state index in [0.29, 0.717) is 0 Å². The van der Waals surface area contributed by atoms with Gasteiger partial charge in [0, 0.05) is 0 Å². The third kappa shape index (κ3) is 3.63. The standard InChI is InChI=1S/C26H25O2P/c27-19-21-11-15-25(16-12-21)29(23-7-3-1-4-8-23,24-9-5-2-6-10-24)26-17-13-22(20-28)14-18-26/h1-18,27-29H,19-20H2. The Labute approximate surface area is 172 Å². The molecule has 4 aromatic rings. The Morgan fingerprint density at radius 3 is 1.03 bits per heavy atom. The molecule has 146 valence electrons. The van der Waals surface area contributed by atoms with E-state index in [2.05, 4.69) is 84.9 Å². The van der Waals surface area contributed by atoms with Crippen LogP contribution in [0.3, 0.4) is 0 Å². The van der Waals surface area contributed by atoms with Crippen LogP contribution in [0.1, 0.15) is 11.1 Å². The molecular formula is C26H25O2P. The second-order valence-corrected chi connectivity index (χ2v) is 11.0. The van der Waals surface area contributed by atoms with Gasteiger partial charge in [0.2, 0.25) is 0 Å². The normalized spacial score (nSPS) is 11.9. The molecule has 0 aromatic heterocycles. The molecule has 0 spiro atoms. The van der Waals surface area contributed by atoms with Crippen LogP contribution in [0.2, 0.25) is 0 Å². The Morgan fingerprint density at radius 1 is 0.414 bits per heavy atom. The van der Waals surface area contributed by atoms with E-state index >= 15 is 0 Å². The first-order chi connectivity index (χ1) is 14.3. The summed E-state index contributed by atoms with van der Waals surface area (Å²) >= 11 is 0. The molecule has 0 bridgehead atoms. The van der Waals surface area contributed by atoms with Crippen molar-refractivity contribution >= 4 is 28.5 Å². The van der Waals surface area contributed by atoms with E-state index in [1.54, 1.807) is 0 Å². The Hall–Kier alpha value is -2.77. The summed E-state index contributed by atoms with van der Waals surface area (Å²) in [6.45, 7) is 0.0768. The molecule has 0 radical (unpaired) electrons. The average molecular weight is 400 g/mol. The zero-order chi connectivity index (χ0) is 20.1. The fraction of sp³-hybridized carbons (Fsp3) is 0.0769. The van der Waals surface area contributed by atoms with E-state index in [0.717, 1.165) is 11.1 Å². The molecular weight excluding hydrogens is 375 g/mol. The van der Waals surface area contributed by atoms with Crippen LogP contribution in [-0.4, -0.2) is 10.2 Å². The minimum atomic E-state index is -2.53. The molecule has 0 atom stereocenters. The maximum absolute atomic E-state index is 9.53. The molecule has 3 heteroatoms. The quantitative estimate of drug-likeness (QED) is 0.489. The molecule has 2 N–H and O–H groups in total. The fourth-order valence-electron chi connectivity index (χ4n) is 4.10. The minimum absolute atomic E-state index is 0.0384. The molecule has 0 aliphatic heterocycles. The van der Waals surface area contributed by atoms with Gasteiger partial charge in [-0.25, -0.2) is 0 Å². The number of hydrogen-bond acceptors (Lipinski definition) is 2. The summed E-state index contributed by atoms with van der Waals surface area (Å²) in [6.07, 6.45) is 0. The van der Waals surface area contributed by atoms with E-state index in [4.69, 9.17) is 0 Å². The van der Waals surface area contributed by atoms with Crippen LogP contribution in [0.25, 0.3) is 0 Å². The topological polar surface area (TPSA) is 40.5 Å². The summed E-state index contributed by atoms with van der Waals surface area (Å²) in [5.41, 5.74) is 1.82. The molecule has 4 aromatic carbocycles. The van der Waals surface area contributed by atoms with Crippen LogP contribution in [-0.2, 0) is 13.2 Å². The van der Waals surface area contributed by atoms with Gasteiger partial charge in [0.25, 0.3) is 0 Å². The van der Waals surface area contributed by atoms with Crippen molar-refractivity contribution in [3.8, 4) is 0 Å². The van der Waals surface area contributed by atoms with Crippen molar-refractivity contribution < 1.29 is 10.2 Å². The molecule has 0 fully saturated rings. The van der Waals surface area contributed by atoms with Crippen molar-refractivity contribution in [3.05, 3.63) is 120 Å². The number of aliphatic hydroxyl groups is 2. The summed E-state index contributed by atoms with van der Waals surface area (Å²) < 4.78 is 0. The van der Waals surface area contributed by atoms with E-state index in [1.807, 2.05) is 24.3 Å². The van der Waals surface area contributed by atoms with Gasteiger partial charge in [-0.1, -0.05) is 0 Å². The number of rotatable bonds is 6. The van der Waals surface area contributed by atoms with Crippen molar-refractivity contribution in [1.29, 1.82) is 0 Å². The zero-order valence-electron chi connectivity index (χ0n) is 16.2. The summed E-state index contributed by atoms with van der Waals surface area (Å²) in [6, 6.07) is 38.1. The number of hydrogen-bond donors (Lipinski definition) is 2. The van der Waals surface area contributed by atoms with Gasteiger partial charge in [0.15, 0.2) is 0 Å². The molecule has 0 aliphatic rings. The number of aliphatic hydroxyl groups excluding tert-OH is 2. The van der Waals surface area contributed by atoms with Gasteiger partial charge in [-0.2, -0.15) is 0 Å². The van der Waals surface area contributed by atoms with Gasteiger partial charge in [-0.3, -0.25) is 0 Å². The van der Waals surface area contributed by atoms with Gasteiger partial charge < -0.3 is 0 Å². The van der Waals surface area contributed by atoms with Crippen LogP contribution in [0.15, 0.2) is 109 Å². The van der Waals surface area contributed by atoms with Crippen LogP contribution in [0.4, 0.5) is 0 Å². The summed E-state index contributed by atoms with van der Waals surface area (Å²) in [4.78, 5) is 0. The Kier molecular flexibility index (Phi) is 5.87. The molecule has 29 heavy (non-hydrogen) atoms. The van der Waals surface area contributed by atoms with E-state index in [9.17, 15) is 10.2 Å². The predicted molar refractivity (Wildman–Crippen MR) is 124 cm³/mol. The second-order valence-electron chi connectivity index (χ2n) is 7.19. The van der Waals surface area contributed by atoms with Crippen LogP contribution in [0.5, 0.6) is 0 Å². The molecule has 2 nitrogen and oxygen atoms in total. The first kappa shape index (κ1) is 19.5. The summed E-state index contributed by atoms with van der Waals surface area (Å²) in [5, 5.41) is 24.2. The zero-order valence-corrected chi connectivity index (χ0v) is 17.2. The molecule has 0 unspecified atom stereocenters. The molecule has 0 aliphatic carbocycles. The van der Waals surface area contributed by atoms with Crippen molar-refractivity contribution in [2.75, 3.05) is 0 Å². The van der Waals surface area contributed by atoms with Crippen LogP contribution < -0.4 is 21.2 Å². The van der Waals surface area contributed by atoms with Gasteiger partial charge in [0.1, 0.15) is 0 Å². The molecule has 4 rings (SSSR count). The molecule has 0 saturated carbocycles. The van der Waals surface area contributed by atoms with Crippen LogP contribution in [0, 0.1) is 0 Å². The monoisotopic (exact) mass is 400 g/mol. The first-order valence-corrected chi connectivity index (χ1v) is 11.8. The second kappa shape index (κ2) is 8.71. The fourth-order valence-corrected chi connectivity index (χ4v) is 8.81. The Balaban J connectivity index is 2.06. The van der Waals surface area contributed by atoms with E-state index in [-0.39, 0.29) is 13.2 Å². The van der Waals surface area contributed by atoms with Crippen molar-refractivity contribution in [3.63, 3.8) is 0 Å². The van der Waals surface area contributed by atoms with Gasteiger partial charge in [0.05, 0.1) is 0 Å². The van der Waals surface area contributed by atoms with Gasteiger partial charge in [-0.05, 0) is 0 Å². The molecule has 0 saturated heterocycles.